The lowest BCUT2D eigenvalue weighted by molar-refractivity contribution is 0.0822. The molecule has 1 amide bonds. The minimum Gasteiger partial charge on any atom is -0.385 e. The first-order valence-electron chi connectivity index (χ1n) is 6.99. The van der Waals surface area contributed by atoms with Crippen molar-refractivity contribution in [1.82, 2.24) is 9.88 Å². The van der Waals surface area contributed by atoms with Gasteiger partial charge in [0.2, 0.25) is 0 Å². The van der Waals surface area contributed by atoms with Crippen molar-refractivity contribution >= 4 is 11.6 Å². The molecule has 4 nitrogen and oxygen atoms in total. The largest absolute Gasteiger partial charge is 0.385 e. The topological polar surface area (TPSA) is 45.2 Å². The smallest absolute Gasteiger partial charge is 0.272 e. The van der Waals surface area contributed by atoms with Crippen LogP contribution in [0.25, 0.3) is 0 Å². The van der Waals surface area contributed by atoms with Crippen LogP contribution in [0.5, 0.6) is 0 Å². The second kappa shape index (κ2) is 6.04. The monoisotopic (exact) mass is 261 g/mol. The zero-order valence-corrected chi connectivity index (χ0v) is 12.0. The third-order valence-corrected chi connectivity index (χ3v) is 3.99. The average Bonchev–Trinajstić information content (AvgIpc) is 2.81. The van der Waals surface area contributed by atoms with Crippen molar-refractivity contribution in [2.75, 3.05) is 26.0 Å². The fraction of sp³-hybridized carbons (Fsp3) is 0.600. The van der Waals surface area contributed by atoms with Gasteiger partial charge in [0.1, 0.15) is 5.69 Å². The van der Waals surface area contributed by atoms with E-state index in [4.69, 9.17) is 0 Å². The highest BCUT2D eigenvalue weighted by molar-refractivity contribution is 5.92. The summed E-state index contributed by atoms with van der Waals surface area (Å²) in [6.45, 7) is 3.31. The summed E-state index contributed by atoms with van der Waals surface area (Å²) in [5, 5.41) is 3.44. The molecule has 1 fully saturated rings. The van der Waals surface area contributed by atoms with Crippen LogP contribution in [-0.2, 0) is 0 Å². The fourth-order valence-electron chi connectivity index (χ4n) is 2.66. The van der Waals surface area contributed by atoms with Crippen molar-refractivity contribution in [3.8, 4) is 0 Å². The van der Waals surface area contributed by atoms with Gasteiger partial charge in [-0.05, 0) is 30.4 Å². The molecule has 4 heteroatoms. The molecule has 2 unspecified atom stereocenters. The fourth-order valence-corrected chi connectivity index (χ4v) is 2.66. The van der Waals surface area contributed by atoms with E-state index in [1.807, 2.05) is 12.1 Å². The number of nitrogens with zero attached hydrogens (tertiary/aromatic N) is 2. The molecule has 1 N–H and O–H groups in total. The molecule has 19 heavy (non-hydrogen) atoms. The highest BCUT2D eigenvalue weighted by atomic mass is 16.2. The van der Waals surface area contributed by atoms with Crippen molar-refractivity contribution in [1.29, 1.82) is 0 Å². The average molecular weight is 261 g/mol. The van der Waals surface area contributed by atoms with Gasteiger partial charge in [-0.2, -0.15) is 0 Å². The van der Waals surface area contributed by atoms with Crippen LogP contribution in [0.1, 0.15) is 36.7 Å². The third-order valence-electron chi connectivity index (χ3n) is 3.99. The van der Waals surface area contributed by atoms with Gasteiger partial charge in [-0.15, -0.1) is 0 Å². The number of hydrogen-bond donors (Lipinski definition) is 1. The first-order chi connectivity index (χ1) is 9.08. The molecule has 0 spiro atoms. The van der Waals surface area contributed by atoms with Crippen molar-refractivity contribution in [3.05, 3.63) is 24.0 Å². The summed E-state index contributed by atoms with van der Waals surface area (Å²) in [5.41, 5.74) is 1.48. The van der Waals surface area contributed by atoms with Crippen LogP contribution in [0.15, 0.2) is 18.3 Å². The number of hydrogen-bond acceptors (Lipinski definition) is 3. The second-order valence-corrected chi connectivity index (χ2v) is 5.68. The summed E-state index contributed by atoms with van der Waals surface area (Å²) < 4.78 is 0. The first kappa shape index (κ1) is 13.8. The summed E-state index contributed by atoms with van der Waals surface area (Å²) in [5.74, 6) is 1.50. The third kappa shape index (κ3) is 3.46. The number of carbonyl (C=O) groups excluding carboxylic acids is 1. The number of carbonyl (C=O) groups is 1. The molecule has 0 aromatic carbocycles. The van der Waals surface area contributed by atoms with Gasteiger partial charge in [-0.1, -0.05) is 19.8 Å². The number of nitrogens with one attached hydrogen (secondary N) is 1. The van der Waals surface area contributed by atoms with Crippen molar-refractivity contribution in [3.63, 3.8) is 0 Å². The molecule has 0 saturated heterocycles. The molecule has 0 bridgehead atoms. The highest BCUT2D eigenvalue weighted by Crippen LogP contribution is 2.31. The molecule has 1 aliphatic carbocycles. The van der Waals surface area contributed by atoms with Crippen LogP contribution in [0.2, 0.25) is 0 Å². The van der Waals surface area contributed by atoms with Crippen molar-refractivity contribution in [2.45, 2.75) is 26.2 Å². The summed E-state index contributed by atoms with van der Waals surface area (Å²) in [7, 11) is 3.48. The van der Waals surface area contributed by atoms with E-state index in [1.54, 1.807) is 25.2 Å². The van der Waals surface area contributed by atoms with Gasteiger partial charge in [0.25, 0.3) is 5.91 Å². The Morgan fingerprint density at radius 3 is 2.89 bits per heavy atom. The maximum atomic E-state index is 11.8. The van der Waals surface area contributed by atoms with Crippen LogP contribution < -0.4 is 5.32 Å². The lowest BCUT2D eigenvalue weighted by Gasteiger charge is -2.17. The van der Waals surface area contributed by atoms with Gasteiger partial charge in [0, 0.05) is 32.5 Å². The molecule has 0 aliphatic heterocycles. The predicted molar refractivity (Wildman–Crippen MR) is 77.2 cm³/mol. The molecule has 1 aromatic rings. The van der Waals surface area contributed by atoms with E-state index in [9.17, 15) is 4.79 Å². The Morgan fingerprint density at radius 1 is 1.47 bits per heavy atom. The lowest BCUT2D eigenvalue weighted by Crippen LogP contribution is -2.23. The molecule has 1 heterocycles. The van der Waals surface area contributed by atoms with E-state index in [-0.39, 0.29) is 5.91 Å². The van der Waals surface area contributed by atoms with Crippen molar-refractivity contribution < 1.29 is 4.79 Å². The van der Waals surface area contributed by atoms with Crippen LogP contribution in [0.3, 0.4) is 0 Å². The van der Waals surface area contributed by atoms with E-state index < -0.39 is 0 Å². The van der Waals surface area contributed by atoms with Gasteiger partial charge in [-0.25, -0.2) is 0 Å². The maximum Gasteiger partial charge on any atom is 0.272 e. The molecule has 1 aliphatic rings. The zero-order valence-electron chi connectivity index (χ0n) is 12.0. The molecule has 104 valence electrons. The number of pyridine rings is 1. The first-order valence-corrected chi connectivity index (χ1v) is 6.99. The molecular weight excluding hydrogens is 238 g/mol. The predicted octanol–water partition coefficient (Wildman–Crippen LogP) is 2.63. The highest BCUT2D eigenvalue weighted by Gasteiger charge is 2.22. The number of aromatic nitrogens is 1. The Bertz CT molecular complexity index is 445. The lowest BCUT2D eigenvalue weighted by atomic mass is 9.98. The Labute approximate surface area is 115 Å². The van der Waals surface area contributed by atoms with Gasteiger partial charge in [-0.3, -0.25) is 9.78 Å². The van der Waals surface area contributed by atoms with Gasteiger partial charge < -0.3 is 10.2 Å². The Hall–Kier alpha value is -1.58. The molecule has 1 saturated carbocycles. The molecule has 1 aromatic heterocycles. The van der Waals surface area contributed by atoms with Crippen LogP contribution in [0, 0.1) is 11.8 Å². The minimum absolute atomic E-state index is 0.0575. The summed E-state index contributed by atoms with van der Waals surface area (Å²) in [6, 6.07) is 3.76. The minimum atomic E-state index is -0.0575. The molecule has 0 radical (unpaired) electrons. The summed E-state index contributed by atoms with van der Waals surface area (Å²) >= 11 is 0. The van der Waals surface area contributed by atoms with Crippen molar-refractivity contribution in [2.24, 2.45) is 11.8 Å². The zero-order chi connectivity index (χ0) is 13.8. The van der Waals surface area contributed by atoms with E-state index in [2.05, 4.69) is 17.2 Å². The van der Waals surface area contributed by atoms with E-state index >= 15 is 0 Å². The molecule has 2 rings (SSSR count). The molecule has 2 atom stereocenters. The quantitative estimate of drug-likeness (QED) is 0.906. The second-order valence-electron chi connectivity index (χ2n) is 5.68. The van der Waals surface area contributed by atoms with E-state index in [0.29, 0.717) is 5.69 Å². The number of anilines is 1. The van der Waals surface area contributed by atoms with Gasteiger partial charge in [0.15, 0.2) is 0 Å². The Balaban J connectivity index is 1.97. The maximum absolute atomic E-state index is 11.8. The van der Waals surface area contributed by atoms with Crippen LogP contribution >= 0.6 is 0 Å². The SMILES string of the molecule is CC1CCCC1CNc1ccnc(C(=O)N(C)C)c1. The van der Waals surface area contributed by atoms with E-state index in [1.165, 1.54) is 19.3 Å². The van der Waals surface area contributed by atoms with Gasteiger partial charge in [0.05, 0.1) is 0 Å². The molecular formula is C15H23N3O. The standard InChI is InChI=1S/C15H23N3O/c1-11-5-4-6-12(11)10-17-13-7-8-16-14(9-13)15(19)18(2)3/h7-9,11-12H,4-6,10H2,1-3H3,(H,16,17). The normalized spacial score (nSPS) is 22.3. The van der Waals surface area contributed by atoms with Gasteiger partial charge >= 0.3 is 0 Å². The van der Waals surface area contributed by atoms with Crippen LogP contribution in [-0.4, -0.2) is 36.4 Å². The number of rotatable bonds is 4. The van der Waals surface area contributed by atoms with Crippen LogP contribution in [0.4, 0.5) is 5.69 Å². The Morgan fingerprint density at radius 2 is 2.26 bits per heavy atom. The number of amides is 1. The summed E-state index contributed by atoms with van der Waals surface area (Å²) in [6.07, 6.45) is 5.68. The summed E-state index contributed by atoms with van der Waals surface area (Å²) in [4.78, 5) is 17.5. The Kier molecular flexibility index (Phi) is 4.40. The van der Waals surface area contributed by atoms with E-state index in [0.717, 1.165) is 24.1 Å².